The normalized spacial score (nSPS) is 27.2. The molecule has 2 fully saturated rings. The van der Waals surface area contributed by atoms with E-state index in [9.17, 15) is 9.59 Å². The summed E-state index contributed by atoms with van der Waals surface area (Å²) in [6.45, 7) is 0. The lowest BCUT2D eigenvalue weighted by Gasteiger charge is -2.30. The number of carbonyl (C=O) groups excluding carboxylic acids is 2. The van der Waals surface area contributed by atoms with Crippen molar-refractivity contribution in [2.24, 2.45) is 0 Å². The van der Waals surface area contributed by atoms with E-state index in [1.54, 1.807) is 5.01 Å². The van der Waals surface area contributed by atoms with Crippen LogP contribution in [0, 0.1) is 0 Å². The van der Waals surface area contributed by atoms with Gasteiger partial charge < -0.3 is 0 Å². The molecule has 2 aliphatic rings. The number of amides is 2. The van der Waals surface area contributed by atoms with Gasteiger partial charge in [0, 0.05) is 20.1 Å². The number of hydrogen-bond donors (Lipinski definition) is 1. The zero-order valence-electron chi connectivity index (χ0n) is 10.6. The Morgan fingerprint density at radius 2 is 1.82 bits per heavy atom. The highest BCUT2D eigenvalue weighted by Gasteiger charge is 2.42. The Bertz CT molecular complexity index is 311. The lowest BCUT2D eigenvalue weighted by Crippen LogP contribution is -2.47. The number of carbonyl (C=O) groups is 2. The van der Waals surface area contributed by atoms with Crippen molar-refractivity contribution in [3.63, 3.8) is 0 Å². The number of hydrogen-bond acceptors (Lipinski definition) is 4. The van der Waals surface area contributed by atoms with Gasteiger partial charge in [-0.2, -0.15) is 0 Å². The van der Waals surface area contributed by atoms with Gasteiger partial charge in [-0.15, -0.1) is 0 Å². The SMILES string of the molecule is CN(C)NC1CC(=O)N(C2CCCCC2)C1=O. The van der Waals surface area contributed by atoms with Gasteiger partial charge in [-0.3, -0.25) is 14.5 Å². The molecule has 1 heterocycles. The molecule has 1 N–H and O–H groups in total. The van der Waals surface area contributed by atoms with Crippen LogP contribution in [-0.2, 0) is 9.59 Å². The van der Waals surface area contributed by atoms with E-state index in [-0.39, 0.29) is 23.9 Å². The van der Waals surface area contributed by atoms with Gasteiger partial charge in [0.05, 0.1) is 6.42 Å². The lowest BCUT2D eigenvalue weighted by atomic mass is 9.94. The van der Waals surface area contributed by atoms with Crippen LogP contribution in [0.4, 0.5) is 0 Å². The molecular weight excluding hydrogens is 218 g/mol. The number of imide groups is 1. The van der Waals surface area contributed by atoms with Gasteiger partial charge in [0.2, 0.25) is 11.8 Å². The summed E-state index contributed by atoms with van der Waals surface area (Å²) in [7, 11) is 3.67. The fourth-order valence-corrected chi connectivity index (χ4v) is 2.79. The molecule has 5 heteroatoms. The molecule has 0 bridgehead atoms. The molecule has 1 atom stereocenters. The van der Waals surface area contributed by atoms with Crippen LogP contribution < -0.4 is 5.43 Å². The van der Waals surface area contributed by atoms with E-state index in [1.807, 2.05) is 14.1 Å². The first-order valence-corrected chi connectivity index (χ1v) is 6.39. The van der Waals surface area contributed by atoms with Crippen molar-refractivity contribution in [1.29, 1.82) is 0 Å². The van der Waals surface area contributed by atoms with Crippen LogP contribution >= 0.6 is 0 Å². The monoisotopic (exact) mass is 239 g/mol. The first kappa shape index (κ1) is 12.5. The van der Waals surface area contributed by atoms with E-state index in [1.165, 1.54) is 11.3 Å². The topological polar surface area (TPSA) is 52.7 Å². The maximum Gasteiger partial charge on any atom is 0.248 e. The number of nitrogens with zero attached hydrogens (tertiary/aromatic N) is 2. The van der Waals surface area contributed by atoms with Crippen LogP contribution in [0.2, 0.25) is 0 Å². The number of nitrogens with one attached hydrogen (secondary N) is 1. The minimum Gasteiger partial charge on any atom is -0.278 e. The number of rotatable bonds is 3. The van der Waals surface area contributed by atoms with E-state index < -0.39 is 0 Å². The Hall–Kier alpha value is -0.940. The van der Waals surface area contributed by atoms with Crippen molar-refractivity contribution in [2.45, 2.75) is 50.6 Å². The average Bonchev–Trinajstić information content (AvgIpc) is 2.54. The van der Waals surface area contributed by atoms with Gasteiger partial charge in [0.15, 0.2) is 0 Å². The van der Waals surface area contributed by atoms with Crippen molar-refractivity contribution >= 4 is 11.8 Å². The molecule has 1 aliphatic heterocycles. The highest BCUT2D eigenvalue weighted by atomic mass is 16.2. The van der Waals surface area contributed by atoms with E-state index in [2.05, 4.69) is 5.43 Å². The van der Waals surface area contributed by atoms with Crippen molar-refractivity contribution in [2.75, 3.05) is 14.1 Å². The predicted molar refractivity (Wildman–Crippen MR) is 64.0 cm³/mol. The van der Waals surface area contributed by atoms with Crippen LogP contribution in [0.15, 0.2) is 0 Å². The van der Waals surface area contributed by atoms with Crippen molar-refractivity contribution in [3.8, 4) is 0 Å². The molecule has 0 aromatic heterocycles. The van der Waals surface area contributed by atoms with Gasteiger partial charge in [-0.25, -0.2) is 10.4 Å². The fraction of sp³-hybridized carbons (Fsp3) is 0.833. The third-order valence-electron chi connectivity index (χ3n) is 3.54. The maximum absolute atomic E-state index is 12.2. The molecule has 1 saturated heterocycles. The highest BCUT2D eigenvalue weighted by Crippen LogP contribution is 2.27. The highest BCUT2D eigenvalue weighted by molar-refractivity contribution is 6.05. The first-order chi connectivity index (χ1) is 8.09. The smallest absolute Gasteiger partial charge is 0.248 e. The van der Waals surface area contributed by atoms with Crippen molar-refractivity contribution < 1.29 is 9.59 Å². The third-order valence-corrected chi connectivity index (χ3v) is 3.54. The van der Waals surface area contributed by atoms with Crippen LogP contribution in [0.5, 0.6) is 0 Å². The van der Waals surface area contributed by atoms with Crippen LogP contribution in [-0.4, -0.2) is 47.9 Å². The number of likely N-dealkylation sites (tertiary alicyclic amines) is 1. The molecule has 0 aromatic carbocycles. The second kappa shape index (κ2) is 5.14. The van der Waals surface area contributed by atoms with Crippen molar-refractivity contribution in [1.82, 2.24) is 15.3 Å². The minimum absolute atomic E-state index is 0.0127. The predicted octanol–water partition coefficient (Wildman–Crippen LogP) is 0.513. The standard InChI is InChI=1S/C12H21N3O2/c1-14(2)13-10-8-11(16)15(12(10)17)9-6-4-3-5-7-9/h9-10,13H,3-8H2,1-2H3. The summed E-state index contributed by atoms with van der Waals surface area (Å²) in [5, 5.41) is 1.74. The molecule has 1 saturated carbocycles. The minimum atomic E-state index is -0.362. The largest absolute Gasteiger partial charge is 0.278 e. The Labute approximate surface area is 102 Å². The molecule has 17 heavy (non-hydrogen) atoms. The summed E-state index contributed by atoms with van der Waals surface area (Å²) in [6.07, 6.45) is 5.75. The Morgan fingerprint density at radius 1 is 1.18 bits per heavy atom. The van der Waals surface area contributed by atoms with Gasteiger partial charge in [0.1, 0.15) is 6.04 Å². The molecule has 0 radical (unpaired) electrons. The molecular formula is C12H21N3O2. The van der Waals surface area contributed by atoms with Crippen LogP contribution in [0.3, 0.4) is 0 Å². The zero-order chi connectivity index (χ0) is 12.4. The summed E-state index contributed by atoms with van der Waals surface area (Å²) in [5.41, 5.74) is 3.01. The van der Waals surface area contributed by atoms with Gasteiger partial charge in [-0.1, -0.05) is 19.3 Å². The van der Waals surface area contributed by atoms with Gasteiger partial charge >= 0.3 is 0 Å². The van der Waals surface area contributed by atoms with Gasteiger partial charge in [-0.05, 0) is 12.8 Å². The third kappa shape index (κ3) is 2.66. The molecule has 2 rings (SSSR count). The van der Waals surface area contributed by atoms with Crippen LogP contribution in [0.25, 0.3) is 0 Å². The Balaban J connectivity index is 2.02. The second-order valence-corrected chi connectivity index (χ2v) is 5.17. The average molecular weight is 239 g/mol. The van der Waals surface area contributed by atoms with E-state index in [0.29, 0.717) is 6.42 Å². The summed E-state index contributed by atoms with van der Waals surface area (Å²) in [4.78, 5) is 25.6. The fourth-order valence-electron chi connectivity index (χ4n) is 2.79. The molecule has 0 spiro atoms. The van der Waals surface area contributed by atoms with E-state index >= 15 is 0 Å². The maximum atomic E-state index is 12.2. The zero-order valence-corrected chi connectivity index (χ0v) is 10.6. The summed E-state index contributed by atoms with van der Waals surface area (Å²) < 4.78 is 0. The Kier molecular flexibility index (Phi) is 3.79. The molecule has 0 aromatic rings. The molecule has 2 amide bonds. The quantitative estimate of drug-likeness (QED) is 0.576. The Morgan fingerprint density at radius 3 is 2.41 bits per heavy atom. The molecule has 96 valence electrons. The molecule has 1 aliphatic carbocycles. The summed E-state index contributed by atoms with van der Waals surface area (Å²) >= 11 is 0. The lowest BCUT2D eigenvalue weighted by molar-refractivity contribution is -0.142. The van der Waals surface area contributed by atoms with E-state index in [4.69, 9.17) is 0 Å². The van der Waals surface area contributed by atoms with Crippen LogP contribution in [0.1, 0.15) is 38.5 Å². The van der Waals surface area contributed by atoms with Gasteiger partial charge in [0.25, 0.3) is 0 Å². The molecule has 5 nitrogen and oxygen atoms in total. The van der Waals surface area contributed by atoms with E-state index in [0.717, 1.165) is 25.7 Å². The number of hydrazine groups is 1. The van der Waals surface area contributed by atoms with Crippen molar-refractivity contribution in [3.05, 3.63) is 0 Å². The second-order valence-electron chi connectivity index (χ2n) is 5.17. The molecule has 1 unspecified atom stereocenters. The summed E-state index contributed by atoms with van der Waals surface area (Å²) in [6, 6.07) is -0.211. The summed E-state index contributed by atoms with van der Waals surface area (Å²) in [5.74, 6) is -0.0585. The first-order valence-electron chi connectivity index (χ1n) is 6.39.